The van der Waals surface area contributed by atoms with Crippen molar-refractivity contribution in [2.24, 2.45) is 5.11 Å². The fourth-order valence-corrected chi connectivity index (χ4v) is 5.67. The van der Waals surface area contributed by atoms with Crippen LogP contribution < -0.4 is 20.7 Å². The first kappa shape index (κ1) is 44.0. The van der Waals surface area contributed by atoms with E-state index >= 15 is 0 Å². The Hall–Kier alpha value is -5.77. The molecule has 16 heteroatoms. The van der Waals surface area contributed by atoms with Crippen LogP contribution >= 0.6 is 0 Å². The topological polar surface area (TPSA) is 215 Å². The van der Waals surface area contributed by atoms with Crippen LogP contribution in [0, 0.1) is 6.92 Å². The number of carboxylic acids is 1. The lowest BCUT2D eigenvalue weighted by atomic mass is 9.95. The Morgan fingerprint density at radius 1 is 0.842 bits per heavy atom. The Morgan fingerprint density at radius 3 is 2.21 bits per heavy atom. The molecule has 4 aromatic rings. The average molecular weight is 786 g/mol. The van der Waals surface area contributed by atoms with Crippen molar-refractivity contribution < 1.29 is 43.2 Å². The molecule has 2 amide bonds. The molecule has 16 nitrogen and oxygen atoms in total. The van der Waals surface area contributed by atoms with Gasteiger partial charge in [-0.05, 0) is 76.2 Å². The first-order valence-corrected chi connectivity index (χ1v) is 18.8. The maximum absolute atomic E-state index is 12.8. The summed E-state index contributed by atoms with van der Waals surface area (Å²) in [4.78, 5) is 43.8. The van der Waals surface area contributed by atoms with Crippen LogP contribution in [0.1, 0.15) is 36.4 Å². The van der Waals surface area contributed by atoms with E-state index in [1.165, 1.54) is 0 Å². The number of carboxylic acid groups (broad SMARTS) is 1. The number of azide groups is 1. The van der Waals surface area contributed by atoms with Gasteiger partial charge in [0.2, 0.25) is 11.8 Å². The number of pyridine rings is 1. The number of carbonyl (C=O) groups is 3. The summed E-state index contributed by atoms with van der Waals surface area (Å²) in [5, 5.41) is 23.5. The first-order valence-electron chi connectivity index (χ1n) is 18.8. The van der Waals surface area contributed by atoms with Crippen LogP contribution in [0.3, 0.4) is 0 Å². The predicted octanol–water partition coefficient (Wildman–Crippen LogP) is 5.61. The zero-order valence-electron chi connectivity index (χ0n) is 32.2. The lowest BCUT2D eigenvalue weighted by Crippen LogP contribution is -2.39. The predicted molar refractivity (Wildman–Crippen MR) is 215 cm³/mol. The third-order valence-corrected chi connectivity index (χ3v) is 8.43. The second kappa shape index (κ2) is 25.4. The highest BCUT2D eigenvalue weighted by atomic mass is 16.6. The van der Waals surface area contributed by atoms with Gasteiger partial charge in [0, 0.05) is 30.6 Å². The zero-order chi connectivity index (χ0) is 40.5. The van der Waals surface area contributed by atoms with E-state index < -0.39 is 17.9 Å². The van der Waals surface area contributed by atoms with Crippen LogP contribution in [0.15, 0.2) is 84.1 Å². The van der Waals surface area contributed by atoms with Gasteiger partial charge >= 0.3 is 5.97 Å². The Bertz CT molecular complexity index is 1910. The molecule has 0 spiro atoms. The standard InChI is InChI=1S/C41H51N7O9/c1-30-12-14-44-38(25-30)43-13-4-7-39(49)45-29-40(50)47-37(28-41(51)52)32-10-8-31(9-11-32)36-27-34(26-33-5-2-3-6-35(33)36)57-24-23-56-22-21-55-20-19-54-18-17-53-16-15-46-48-42/h2-3,5-6,8-12,14,25-27,37H,4,7,13,15-24,28-29H2,1H3,(H,43,44)(H,45,49)(H,47,50)(H,51,52)/t37-/m0/s1. The number of nitrogens with zero attached hydrogens (tertiary/aromatic N) is 4. The third kappa shape index (κ3) is 16.9. The number of anilines is 1. The molecule has 1 atom stereocenters. The molecule has 0 saturated heterocycles. The van der Waals surface area contributed by atoms with Gasteiger partial charge in [0.15, 0.2) is 0 Å². The van der Waals surface area contributed by atoms with E-state index in [-0.39, 0.29) is 25.3 Å². The number of rotatable bonds is 28. The van der Waals surface area contributed by atoms with Crippen molar-refractivity contribution in [1.82, 2.24) is 15.6 Å². The molecular weight excluding hydrogens is 734 g/mol. The van der Waals surface area contributed by atoms with Gasteiger partial charge in [0.1, 0.15) is 18.2 Å². The van der Waals surface area contributed by atoms with Crippen molar-refractivity contribution >= 4 is 34.4 Å². The number of carbonyl (C=O) groups excluding carboxylic acids is 2. The van der Waals surface area contributed by atoms with Gasteiger partial charge in [0.25, 0.3) is 0 Å². The van der Waals surface area contributed by atoms with Gasteiger partial charge in [-0.2, -0.15) is 0 Å². The molecule has 0 radical (unpaired) electrons. The number of ether oxygens (including phenoxy) is 5. The van der Waals surface area contributed by atoms with Crippen LogP contribution in [-0.4, -0.2) is 107 Å². The first-order chi connectivity index (χ1) is 27.8. The Labute approximate surface area is 331 Å². The van der Waals surface area contributed by atoms with Crippen LogP contribution in [0.2, 0.25) is 0 Å². The van der Waals surface area contributed by atoms with Crippen LogP contribution in [-0.2, 0) is 33.3 Å². The normalized spacial score (nSPS) is 11.4. The van der Waals surface area contributed by atoms with Crippen LogP contribution in [0.25, 0.3) is 32.3 Å². The minimum Gasteiger partial charge on any atom is -0.491 e. The highest BCUT2D eigenvalue weighted by molar-refractivity contribution is 5.98. The smallest absolute Gasteiger partial charge is 0.305 e. The molecule has 0 aliphatic carbocycles. The number of amides is 2. The van der Waals surface area contributed by atoms with Crippen molar-refractivity contribution in [2.45, 2.75) is 32.2 Å². The van der Waals surface area contributed by atoms with Gasteiger partial charge in [0.05, 0.1) is 71.9 Å². The second-order valence-corrected chi connectivity index (χ2v) is 12.8. The SMILES string of the molecule is Cc1ccnc(NCCCC(=O)NCC(=O)N[C@@H](CC(=O)O)c2ccc(-c3cc(OCCOCCOCCOCCOCCN=[N+]=[N-])cc4ccccc34)cc2)c1. The number of hydrogen-bond donors (Lipinski definition) is 4. The molecule has 4 rings (SSSR count). The number of aromatic nitrogens is 1. The molecule has 57 heavy (non-hydrogen) atoms. The van der Waals surface area contributed by atoms with Gasteiger partial charge in [-0.1, -0.05) is 53.6 Å². The molecule has 1 heterocycles. The number of aryl methyl sites for hydroxylation is 1. The molecule has 0 aliphatic rings. The summed E-state index contributed by atoms with van der Waals surface area (Å²) in [5.41, 5.74) is 11.7. The van der Waals surface area contributed by atoms with Crippen molar-refractivity contribution in [3.63, 3.8) is 0 Å². The van der Waals surface area contributed by atoms with Gasteiger partial charge in [-0.15, -0.1) is 0 Å². The average Bonchev–Trinajstić information content (AvgIpc) is 3.21. The van der Waals surface area contributed by atoms with Crippen molar-refractivity contribution in [3.05, 3.63) is 101 Å². The molecule has 0 unspecified atom stereocenters. The summed E-state index contributed by atoms with van der Waals surface area (Å²) in [7, 11) is 0. The zero-order valence-corrected chi connectivity index (χ0v) is 32.2. The molecule has 304 valence electrons. The summed E-state index contributed by atoms with van der Waals surface area (Å²) < 4.78 is 27.9. The van der Waals surface area contributed by atoms with E-state index in [1.54, 1.807) is 18.3 Å². The number of hydrogen-bond acceptors (Lipinski definition) is 11. The van der Waals surface area contributed by atoms with Crippen LogP contribution in [0.5, 0.6) is 5.75 Å². The van der Waals surface area contributed by atoms with E-state index in [9.17, 15) is 19.5 Å². The monoisotopic (exact) mass is 785 g/mol. The maximum Gasteiger partial charge on any atom is 0.305 e. The van der Waals surface area contributed by atoms with E-state index in [2.05, 4.69) is 31.0 Å². The molecule has 0 saturated carbocycles. The number of aliphatic carboxylic acids is 1. The van der Waals surface area contributed by atoms with E-state index in [4.69, 9.17) is 29.2 Å². The number of nitrogens with one attached hydrogen (secondary N) is 3. The second-order valence-electron chi connectivity index (χ2n) is 12.8. The number of benzene rings is 3. The Kier molecular flexibility index (Phi) is 19.6. The molecule has 1 aromatic heterocycles. The minimum atomic E-state index is -1.07. The Balaban J connectivity index is 1.21. The molecule has 0 aliphatic heterocycles. The molecular formula is C41H51N7O9. The van der Waals surface area contributed by atoms with E-state index in [0.717, 1.165) is 33.3 Å². The van der Waals surface area contributed by atoms with Crippen molar-refractivity contribution in [3.8, 4) is 16.9 Å². The highest BCUT2D eigenvalue weighted by Gasteiger charge is 2.19. The highest BCUT2D eigenvalue weighted by Crippen LogP contribution is 2.34. The maximum atomic E-state index is 12.8. The van der Waals surface area contributed by atoms with Crippen LogP contribution in [0.4, 0.5) is 5.82 Å². The minimum absolute atomic E-state index is 0.219. The van der Waals surface area contributed by atoms with Gasteiger partial charge in [-0.3, -0.25) is 14.4 Å². The largest absolute Gasteiger partial charge is 0.491 e. The van der Waals surface area contributed by atoms with E-state index in [1.807, 2.05) is 67.6 Å². The summed E-state index contributed by atoms with van der Waals surface area (Å²) in [6.07, 6.45) is 2.15. The summed E-state index contributed by atoms with van der Waals surface area (Å²) in [5.74, 6) is -0.430. The lowest BCUT2D eigenvalue weighted by molar-refractivity contribution is -0.138. The fourth-order valence-electron chi connectivity index (χ4n) is 5.67. The van der Waals surface area contributed by atoms with Crippen molar-refractivity contribution in [1.29, 1.82) is 0 Å². The van der Waals surface area contributed by atoms with Gasteiger partial charge < -0.3 is 44.7 Å². The summed E-state index contributed by atoms with van der Waals surface area (Å²) in [6, 6.07) is 22.3. The summed E-state index contributed by atoms with van der Waals surface area (Å²) in [6.45, 7) is 6.16. The van der Waals surface area contributed by atoms with Crippen molar-refractivity contribution in [2.75, 3.05) is 84.4 Å². The summed E-state index contributed by atoms with van der Waals surface area (Å²) >= 11 is 0. The quantitative estimate of drug-likeness (QED) is 0.0240. The molecule has 4 N–H and O–H groups in total. The number of fused-ring (bicyclic) bond motifs is 1. The Morgan fingerprint density at radius 2 is 1.53 bits per heavy atom. The van der Waals surface area contributed by atoms with Gasteiger partial charge in [-0.25, -0.2) is 4.98 Å². The molecule has 0 bridgehead atoms. The molecule has 3 aromatic carbocycles. The van der Waals surface area contributed by atoms with E-state index in [0.29, 0.717) is 90.3 Å². The molecule has 0 fully saturated rings. The fraction of sp³-hybridized carbons (Fsp3) is 0.415. The lowest BCUT2D eigenvalue weighted by Gasteiger charge is -2.19. The third-order valence-electron chi connectivity index (χ3n) is 8.43.